The Labute approximate surface area is 126 Å². The van der Waals surface area contributed by atoms with Crippen LogP contribution in [0, 0.1) is 27.7 Å². The summed E-state index contributed by atoms with van der Waals surface area (Å²) < 4.78 is 11.3. The number of rotatable bonds is 4. The van der Waals surface area contributed by atoms with Crippen LogP contribution in [0.3, 0.4) is 0 Å². The van der Waals surface area contributed by atoms with E-state index in [0.717, 1.165) is 45.1 Å². The van der Waals surface area contributed by atoms with Crippen LogP contribution >= 0.6 is 0 Å². The summed E-state index contributed by atoms with van der Waals surface area (Å²) in [7, 11) is 0.118. The van der Waals surface area contributed by atoms with Crippen LogP contribution < -0.4 is 20.8 Å². The van der Waals surface area contributed by atoms with Crippen molar-refractivity contribution in [1.82, 2.24) is 0 Å². The molecule has 5 heteroatoms. The Balaban J connectivity index is 2.06. The van der Waals surface area contributed by atoms with Crippen molar-refractivity contribution in [3.05, 3.63) is 46.5 Å². The first-order chi connectivity index (χ1) is 9.91. The smallest absolute Gasteiger partial charge is 0.528 e. The van der Waals surface area contributed by atoms with Gasteiger partial charge >= 0.3 is 7.69 Å². The minimum absolute atomic E-state index is 0.118. The van der Waals surface area contributed by atoms with E-state index in [1.54, 1.807) is 0 Å². The highest BCUT2D eigenvalue weighted by molar-refractivity contribution is 6.21. The van der Waals surface area contributed by atoms with E-state index in [-0.39, 0.29) is 7.69 Å². The van der Waals surface area contributed by atoms with Crippen LogP contribution in [-0.2, 0) is 0 Å². The molecular weight excluding hydrogens is 263 g/mol. The van der Waals surface area contributed by atoms with Crippen molar-refractivity contribution in [1.29, 1.82) is 0 Å². The zero-order chi connectivity index (χ0) is 15.6. The van der Waals surface area contributed by atoms with Gasteiger partial charge in [0.2, 0.25) is 0 Å². The molecule has 0 bridgehead atoms. The van der Waals surface area contributed by atoms with E-state index in [2.05, 4.69) is 0 Å². The van der Waals surface area contributed by atoms with E-state index in [1.165, 1.54) is 0 Å². The number of hydrogen-bond acceptors (Lipinski definition) is 4. The third-order valence-corrected chi connectivity index (χ3v) is 3.80. The first kappa shape index (κ1) is 15.1. The van der Waals surface area contributed by atoms with Gasteiger partial charge in [0.05, 0.1) is 0 Å². The average molecular weight is 284 g/mol. The molecule has 0 aromatic heterocycles. The van der Waals surface area contributed by atoms with Crippen LogP contribution in [0.2, 0.25) is 0 Å². The lowest BCUT2D eigenvalue weighted by molar-refractivity contribution is 0.455. The van der Waals surface area contributed by atoms with Crippen LogP contribution in [0.1, 0.15) is 22.3 Å². The fourth-order valence-corrected chi connectivity index (χ4v) is 2.16. The standard InChI is InChI=1S/C16H21BN2O2/c1-9-5-7-13(11(3)15(9)18)20-17-21-14-8-6-10(2)16(19)12(14)4/h5-8,17H,18-19H2,1-4H3. The molecule has 0 aliphatic carbocycles. The van der Waals surface area contributed by atoms with Gasteiger partial charge in [-0.15, -0.1) is 0 Å². The lowest BCUT2D eigenvalue weighted by atomic mass is 10.1. The van der Waals surface area contributed by atoms with Crippen LogP contribution in [0.25, 0.3) is 0 Å². The Morgan fingerprint density at radius 2 is 1.10 bits per heavy atom. The van der Waals surface area contributed by atoms with Gasteiger partial charge in [0.15, 0.2) is 0 Å². The molecule has 0 radical (unpaired) electrons. The molecule has 0 saturated heterocycles. The van der Waals surface area contributed by atoms with Gasteiger partial charge < -0.3 is 20.8 Å². The molecule has 0 saturated carbocycles. The Hall–Kier alpha value is -2.30. The minimum Gasteiger partial charge on any atom is -0.528 e. The van der Waals surface area contributed by atoms with Crippen LogP contribution in [0.15, 0.2) is 24.3 Å². The maximum atomic E-state index is 5.99. The second kappa shape index (κ2) is 6.00. The first-order valence-electron chi connectivity index (χ1n) is 6.88. The number of aryl methyl sites for hydroxylation is 2. The Morgan fingerprint density at radius 1 is 0.714 bits per heavy atom. The lowest BCUT2D eigenvalue weighted by Crippen LogP contribution is -2.13. The van der Waals surface area contributed by atoms with Crippen molar-refractivity contribution in [2.24, 2.45) is 0 Å². The molecule has 2 rings (SSSR count). The molecule has 21 heavy (non-hydrogen) atoms. The molecule has 0 heterocycles. The van der Waals surface area contributed by atoms with Gasteiger partial charge in [-0.3, -0.25) is 0 Å². The Morgan fingerprint density at radius 3 is 1.48 bits per heavy atom. The molecule has 4 nitrogen and oxygen atoms in total. The maximum Gasteiger partial charge on any atom is 0.576 e. The van der Waals surface area contributed by atoms with Gasteiger partial charge in [0.25, 0.3) is 0 Å². The van der Waals surface area contributed by atoms with E-state index < -0.39 is 0 Å². The number of hydrogen-bond donors (Lipinski definition) is 2. The third-order valence-electron chi connectivity index (χ3n) is 3.80. The molecule has 2 aromatic carbocycles. The van der Waals surface area contributed by atoms with Crippen molar-refractivity contribution in [2.45, 2.75) is 27.7 Å². The van der Waals surface area contributed by atoms with Crippen molar-refractivity contribution in [3.63, 3.8) is 0 Å². The third kappa shape index (κ3) is 3.07. The fourth-order valence-electron chi connectivity index (χ4n) is 2.16. The first-order valence-corrected chi connectivity index (χ1v) is 6.88. The maximum absolute atomic E-state index is 5.99. The molecule has 110 valence electrons. The van der Waals surface area contributed by atoms with Crippen LogP contribution in [-0.4, -0.2) is 7.69 Å². The summed E-state index contributed by atoms with van der Waals surface area (Å²) in [5, 5.41) is 0. The molecule has 4 N–H and O–H groups in total. The molecule has 0 spiro atoms. The van der Waals surface area contributed by atoms with Crippen LogP contribution in [0.5, 0.6) is 11.5 Å². The molecule has 0 atom stereocenters. The van der Waals surface area contributed by atoms with E-state index in [9.17, 15) is 0 Å². The minimum atomic E-state index is 0.118. The number of nitrogens with two attached hydrogens (primary N) is 2. The predicted molar refractivity (Wildman–Crippen MR) is 89.1 cm³/mol. The summed E-state index contributed by atoms with van der Waals surface area (Å²) in [5.41, 5.74) is 17.4. The molecular formula is C16H21BN2O2. The largest absolute Gasteiger partial charge is 0.576 e. The van der Waals surface area contributed by atoms with Crippen molar-refractivity contribution < 1.29 is 9.31 Å². The SMILES string of the molecule is Cc1ccc(OBOc2ccc(C)c(N)c2C)c(C)c1N. The average Bonchev–Trinajstić information content (AvgIpc) is 2.47. The monoisotopic (exact) mass is 284 g/mol. The van der Waals surface area contributed by atoms with E-state index in [4.69, 9.17) is 20.8 Å². The van der Waals surface area contributed by atoms with Gasteiger partial charge in [-0.25, -0.2) is 0 Å². The topological polar surface area (TPSA) is 70.5 Å². The second-order valence-corrected chi connectivity index (χ2v) is 5.25. The number of benzene rings is 2. The van der Waals surface area contributed by atoms with Gasteiger partial charge in [0.1, 0.15) is 11.5 Å². The summed E-state index contributed by atoms with van der Waals surface area (Å²) >= 11 is 0. The fraction of sp³-hybridized carbons (Fsp3) is 0.250. The molecule has 0 aliphatic heterocycles. The normalized spacial score (nSPS) is 10.3. The quantitative estimate of drug-likeness (QED) is 0.669. The predicted octanol–water partition coefficient (Wildman–Crippen LogP) is 2.81. The van der Waals surface area contributed by atoms with Gasteiger partial charge in [-0.1, -0.05) is 12.1 Å². The highest BCUT2D eigenvalue weighted by Gasteiger charge is 2.09. The van der Waals surface area contributed by atoms with E-state index in [1.807, 2.05) is 52.0 Å². The van der Waals surface area contributed by atoms with Crippen molar-refractivity contribution in [3.8, 4) is 11.5 Å². The van der Waals surface area contributed by atoms with E-state index in [0.29, 0.717) is 0 Å². The molecule has 0 unspecified atom stereocenters. The molecule has 0 amide bonds. The Bertz CT molecular complexity index is 614. The molecule has 2 aromatic rings. The zero-order valence-electron chi connectivity index (χ0n) is 13.0. The van der Waals surface area contributed by atoms with Crippen molar-refractivity contribution in [2.75, 3.05) is 11.5 Å². The highest BCUT2D eigenvalue weighted by Crippen LogP contribution is 2.28. The zero-order valence-corrected chi connectivity index (χ0v) is 13.0. The summed E-state index contributed by atoms with van der Waals surface area (Å²) in [6.07, 6.45) is 0. The lowest BCUT2D eigenvalue weighted by Gasteiger charge is -2.15. The number of anilines is 2. The van der Waals surface area contributed by atoms with Crippen molar-refractivity contribution >= 4 is 19.1 Å². The highest BCUT2D eigenvalue weighted by atomic mass is 16.6. The van der Waals surface area contributed by atoms with Crippen LogP contribution in [0.4, 0.5) is 11.4 Å². The summed E-state index contributed by atoms with van der Waals surface area (Å²) in [4.78, 5) is 0. The van der Waals surface area contributed by atoms with Gasteiger partial charge in [-0.2, -0.15) is 0 Å². The summed E-state index contributed by atoms with van der Waals surface area (Å²) in [5.74, 6) is 1.46. The summed E-state index contributed by atoms with van der Waals surface area (Å²) in [6, 6.07) is 7.68. The second-order valence-electron chi connectivity index (χ2n) is 5.25. The number of nitrogen functional groups attached to an aromatic ring is 2. The van der Waals surface area contributed by atoms with E-state index >= 15 is 0 Å². The molecule has 0 aliphatic rings. The van der Waals surface area contributed by atoms with Gasteiger partial charge in [-0.05, 0) is 51.0 Å². The summed E-state index contributed by atoms with van der Waals surface area (Å²) in [6.45, 7) is 7.82. The van der Waals surface area contributed by atoms with Gasteiger partial charge in [0, 0.05) is 22.5 Å². The Kier molecular flexibility index (Phi) is 4.31. The molecule has 0 fully saturated rings.